The number of piperazine rings is 1. The maximum absolute atomic E-state index is 14.6. The third-order valence-electron chi connectivity index (χ3n) is 4.40. The fraction of sp³-hybridized carbons (Fsp3) is 0.667. The zero-order chi connectivity index (χ0) is 13.9. The van der Waals surface area contributed by atoms with Crippen molar-refractivity contribution in [1.82, 2.24) is 15.2 Å². The number of nitrogens with one attached hydrogen (secondary N) is 1. The molecule has 0 aromatic carbocycles. The summed E-state index contributed by atoms with van der Waals surface area (Å²) in [5.41, 5.74) is 0.714. The predicted octanol–water partition coefficient (Wildman–Crippen LogP) is 1.61. The summed E-state index contributed by atoms with van der Waals surface area (Å²) in [4.78, 5) is 8.94. The Morgan fingerprint density at radius 3 is 3.15 bits per heavy atom. The molecule has 0 radical (unpaired) electrons. The smallest absolute Gasteiger partial charge is 0.170 e. The van der Waals surface area contributed by atoms with E-state index in [9.17, 15) is 4.39 Å². The third-order valence-corrected chi connectivity index (χ3v) is 4.40. The summed E-state index contributed by atoms with van der Waals surface area (Å²) in [7, 11) is 0. The fourth-order valence-electron chi connectivity index (χ4n) is 3.27. The SMILES string of the molecule is CCNCc1ccnc(N2CCN3CCCC3C2)c1F. The van der Waals surface area contributed by atoms with Gasteiger partial charge in [0.15, 0.2) is 11.6 Å². The lowest BCUT2D eigenvalue weighted by Gasteiger charge is -2.38. The van der Waals surface area contributed by atoms with E-state index in [1.54, 1.807) is 12.3 Å². The molecule has 2 saturated heterocycles. The molecule has 1 aromatic heterocycles. The summed E-state index contributed by atoms with van der Waals surface area (Å²) < 4.78 is 14.6. The van der Waals surface area contributed by atoms with Crippen LogP contribution in [0.5, 0.6) is 0 Å². The molecule has 1 atom stereocenters. The molecular weight excluding hydrogens is 255 g/mol. The largest absolute Gasteiger partial charge is 0.351 e. The summed E-state index contributed by atoms with van der Waals surface area (Å²) in [6.07, 6.45) is 4.23. The molecule has 110 valence electrons. The van der Waals surface area contributed by atoms with E-state index < -0.39 is 0 Å². The van der Waals surface area contributed by atoms with Crippen LogP contribution in [0, 0.1) is 5.82 Å². The van der Waals surface area contributed by atoms with Crippen molar-refractivity contribution >= 4 is 5.82 Å². The average Bonchev–Trinajstić information content (AvgIpc) is 2.93. The molecule has 2 fully saturated rings. The number of nitrogens with zero attached hydrogens (tertiary/aromatic N) is 3. The molecule has 1 N–H and O–H groups in total. The van der Waals surface area contributed by atoms with Gasteiger partial charge in [-0.3, -0.25) is 4.90 Å². The van der Waals surface area contributed by atoms with Crippen LogP contribution in [0.1, 0.15) is 25.3 Å². The highest BCUT2D eigenvalue weighted by Crippen LogP contribution is 2.26. The first-order valence-corrected chi connectivity index (χ1v) is 7.62. The Labute approximate surface area is 120 Å². The van der Waals surface area contributed by atoms with Gasteiger partial charge in [-0.1, -0.05) is 6.92 Å². The normalized spacial score (nSPS) is 23.1. The van der Waals surface area contributed by atoms with Crippen molar-refractivity contribution in [3.63, 3.8) is 0 Å². The van der Waals surface area contributed by atoms with E-state index in [1.165, 1.54) is 19.4 Å². The number of fused-ring (bicyclic) bond motifs is 1. The van der Waals surface area contributed by atoms with Gasteiger partial charge in [-0.25, -0.2) is 9.37 Å². The van der Waals surface area contributed by atoms with Gasteiger partial charge in [0.25, 0.3) is 0 Å². The van der Waals surface area contributed by atoms with Crippen LogP contribution in [0.3, 0.4) is 0 Å². The van der Waals surface area contributed by atoms with Crippen molar-refractivity contribution < 1.29 is 4.39 Å². The Bertz CT molecular complexity index is 465. The van der Waals surface area contributed by atoms with E-state index in [0.717, 1.165) is 26.2 Å². The summed E-state index contributed by atoms with van der Waals surface area (Å²) in [5, 5.41) is 3.18. The second-order valence-electron chi connectivity index (χ2n) is 5.67. The lowest BCUT2D eigenvalue weighted by molar-refractivity contribution is 0.229. The Kier molecular flexibility index (Phi) is 4.17. The summed E-state index contributed by atoms with van der Waals surface area (Å²) in [6, 6.07) is 2.36. The predicted molar refractivity (Wildman–Crippen MR) is 78.4 cm³/mol. The van der Waals surface area contributed by atoms with Crippen LogP contribution < -0.4 is 10.2 Å². The number of aromatic nitrogens is 1. The van der Waals surface area contributed by atoms with Crippen molar-refractivity contribution in [2.45, 2.75) is 32.4 Å². The minimum atomic E-state index is -0.153. The maximum atomic E-state index is 14.6. The first kappa shape index (κ1) is 13.8. The molecule has 0 aliphatic carbocycles. The third kappa shape index (κ3) is 2.65. The number of hydrogen-bond donors (Lipinski definition) is 1. The quantitative estimate of drug-likeness (QED) is 0.907. The lowest BCUT2D eigenvalue weighted by atomic mass is 10.1. The van der Waals surface area contributed by atoms with E-state index in [4.69, 9.17) is 0 Å². The molecular formula is C15H23FN4. The lowest BCUT2D eigenvalue weighted by Crippen LogP contribution is -2.50. The van der Waals surface area contributed by atoms with E-state index in [2.05, 4.69) is 20.1 Å². The van der Waals surface area contributed by atoms with Crippen molar-refractivity contribution in [2.75, 3.05) is 37.6 Å². The number of anilines is 1. The highest BCUT2D eigenvalue weighted by molar-refractivity contribution is 5.44. The molecule has 5 heteroatoms. The summed E-state index contributed by atoms with van der Waals surface area (Å²) in [5.74, 6) is 0.381. The van der Waals surface area contributed by atoms with Gasteiger partial charge in [-0.15, -0.1) is 0 Å². The number of pyridine rings is 1. The number of hydrogen-bond acceptors (Lipinski definition) is 4. The molecule has 3 rings (SSSR count). The number of rotatable bonds is 4. The van der Waals surface area contributed by atoms with Gasteiger partial charge in [0, 0.05) is 44.0 Å². The zero-order valence-corrected chi connectivity index (χ0v) is 12.1. The van der Waals surface area contributed by atoms with Crippen LogP contribution in [0.15, 0.2) is 12.3 Å². The van der Waals surface area contributed by atoms with Crippen molar-refractivity contribution in [3.8, 4) is 0 Å². The van der Waals surface area contributed by atoms with Crippen LogP contribution >= 0.6 is 0 Å². The van der Waals surface area contributed by atoms with Gasteiger partial charge in [0.1, 0.15) is 0 Å². The fourth-order valence-corrected chi connectivity index (χ4v) is 3.27. The van der Waals surface area contributed by atoms with E-state index >= 15 is 0 Å². The Morgan fingerprint density at radius 1 is 1.40 bits per heavy atom. The molecule has 1 unspecified atom stereocenters. The maximum Gasteiger partial charge on any atom is 0.170 e. The molecule has 3 heterocycles. The minimum Gasteiger partial charge on any atom is -0.351 e. The molecule has 4 nitrogen and oxygen atoms in total. The van der Waals surface area contributed by atoms with Gasteiger partial charge in [-0.05, 0) is 32.0 Å². The van der Waals surface area contributed by atoms with Gasteiger partial charge in [-0.2, -0.15) is 0 Å². The molecule has 20 heavy (non-hydrogen) atoms. The molecule has 2 aliphatic heterocycles. The second-order valence-corrected chi connectivity index (χ2v) is 5.67. The van der Waals surface area contributed by atoms with Crippen molar-refractivity contribution in [3.05, 3.63) is 23.6 Å². The molecule has 0 bridgehead atoms. The monoisotopic (exact) mass is 278 g/mol. The van der Waals surface area contributed by atoms with Crippen LogP contribution in [0.4, 0.5) is 10.2 Å². The van der Waals surface area contributed by atoms with Gasteiger partial charge in [0.2, 0.25) is 0 Å². The van der Waals surface area contributed by atoms with Gasteiger partial charge >= 0.3 is 0 Å². The average molecular weight is 278 g/mol. The van der Waals surface area contributed by atoms with Gasteiger partial charge in [0.05, 0.1) is 0 Å². The highest BCUT2D eigenvalue weighted by Gasteiger charge is 2.32. The van der Waals surface area contributed by atoms with E-state index in [-0.39, 0.29) is 5.82 Å². The van der Waals surface area contributed by atoms with E-state index in [1.807, 2.05) is 6.92 Å². The van der Waals surface area contributed by atoms with Gasteiger partial charge < -0.3 is 10.2 Å². The summed E-state index contributed by atoms with van der Waals surface area (Å²) >= 11 is 0. The minimum absolute atomic E-state index is 0.153. The van der Waals surface area contributed by atoms with Crippen LogP contribution in [-0.4, -0.2) is 48.6 Å². The summed E-state index contributed by atoms with van der Waals surface area (Å²) in [6.45, 7) is 7.47. The molecule has 0 saturated carbocycles. The molecule has 1 aromatic rings. The standard InChI is InChI=1S/C15H23FN4/c1-2-17-10-12-5-6-18-15(14(12)16)20-9-8-19-7-3-4-13(19)11-20/h5-6,13,17H,2-4,7-11H2,1H3. The number of halogens is 1. The Hall–Kier alpha value is -1.20. The van der Waals surface area contributed by atoms with Crippen molar-refractivity contribution in [2.24, 2.45) is 0 Å². The van der Waals surface area contributed by atoms with Crippen molar-refractivity contribution in [1.29, 1.82) is 0 Å². The highest BCUT2D eigenvalue weighted by atomic mass is 19.1. The van der Waals surface area contributed by atoms with Crippen LogP contribution in [-0.2, 0) is 6.54 Å². The zero-order valence-electron chi connectivity index (χ0n) is 12.1. The first-order valence-electron chi connectivity index (χ1n) is 7.62. The Balaban J connectivity index is 1.76. The second kappa shape index (κ2) is 6.06. The first-order chi connectivity index (χ1) is 9.79. The molecule has 2 aliphatic rings. The van der Waals surface area contributed by atoms with Crippen LogP contribution in [0.25, 0.3) is 0 Å². The van der Waals surface area contributed by atoms with E-state index in [0.29, 0.717) is 24.0 Å². The van der Waals surface area contributed by atoms with Crippen LogP contribution in [0.2, 0.25) is 0 Å². The topological polar surface area (TPSA) is 31.4 Å². The molecule has 0 spiro atoms. The Morgan fingerprint density at radius 2 is 2.30 bits per heavy atom. The molecule has 0 amide bonds.